The van der Waals surface area contributed by atoms with Crippen LogP contribution in [0.4, 0.5) is 0 Å². The topological polar surface area (TPSA) is 51.3 Å². The monoisotopic (exact) mass is 309 g/mol. The fourth-order valence-corrected chi connectivity index (χ4v) is 2.56. The highest BCUT2D eigenvalue weighted by molar-refractivity contribution is 5.87. The Bertz CT molecular complexity index is 790. The first-order chi connectivity index (χ1) is 11.3. The van der Waals surface area contributed by atoms with E-state index in [0.29, 0.717) is 13.0 Å². The highest BCUT2D eigenvalue weighted by Gasteiger charge is 2.09. The molecule has 0 aliphatic carbocycles. The van der Waals surface area contributed by atoms with Crippen LogP contribution in [0.25, 0.3) is 10.9 Å². The molecule has 1 aromatic heterocycles. The molecule has 2 aromatic carbocycles. The van der Waals surface area contributed by atoms with Crippen molar-refractivity contribution in [2.24, 2.45) is 0 Å². The summed E-state index contributed by atoms with van der Waals surface area (Å²) < 4.78 is 10.5. The molecule has 1 heterocycles. The van der Waals surface area contributed by atoms with Crippen molar-refractivity contribution in [2.45, 2.75) is 12.8 Å². The van der Waals surface area contributed by atoms with Gasteiger partial charge in [0.2, 0.25) is 0 Å². The molecule has 0 saturated carbocycles. The molecule has 0 radical (unpaired) electrons. The summed E-state index contributed by atoms with van der Waals surface area (Å²) in [6.45, 7) is 0.382. The van der Waals surface area contributed by atoms with Gasteiger partial charge in [0.05, 0.1) is 20.1 Å². The number of carbonyl (C=O) groups excluding carboxylic acids is 1. The van der Waals surface area contributed by atoms with Crippen LogP contribution in [0.2, 0.25) is 0 Å². The molecular formula is C19H19NO3. The van der Waals surface area contributed by atoms with Crippen LogP contribution in [0.1, 0.15) is 11.1 Å². The van der Waals surface area contributed by atoms with Gasteiger partial charge in [-0.25, -0.2) is 0 Å². The van der Waals surface area contributed by atoms with Crippen molar-refractivity contribution in [3.63, 3.8) is 0 Å². The Hall–Kier alpha value is -2.75. The first-order valence-electron chi connectivity index (χ1n) is 7.60. The predicted octanol–water partition coefficient (Wildman–Crippen LogP) is 3.50. The second-order valence-electron chi connectivity index (χ2n) is 5.35. The SMILES string of the molecule is COc1ccc(CCOC(=O)Cc2c[nH]c3ccccc23)cc1. The second kappa shape index (κ2) is 7.01. The lowest BCUT2D eigenvalue weighted by Crippen LogP contribution is -2.10. The maximum atomic E-state index is 12.0. The maximum Gasteiger partial charge on any atom is 0.310 e. The molecule has 0 aliphatic heterocycles. The summed E-state index contributed by atoms with van der Waals surface area (Å²) in [4.78, 5) is 15.2. The van der Waals surface area contributed by atoms with Crippen LogP contribution >= 0.6 is 0 Å². The van der Waals surface area contributed by atoms with Crippen LogP contribution in [-0.2, 0) is 22.4 Å². The zero-order valence-electron chi connectivity index (χ0n) is 13.0. The third-order valence-corrected chi connectivity index (χ3v) is 3.82. The number of aromatic amines is 1. The van der Waals surface area contributed by atoms with Gasteiger partial charge in [0.1, 0.15) is 5.75 Å². The van der Waals surface area contributed by atoms with E-state index < -0.39 is 0 Å². The molecule has 0 amide bonds. The van der Waals surface area contributed by atoms with E-state index in [-0.39, 0.29) is 12.4 Å². The minimum absolute atomic E-state index is 0.205. The number of methoxy groups -OCH3 is 1. The van der Waals surface area contributed by atoms with Gasteiger partial charge in [0.15, 0.2) is 0 Å². The molecule has 0 aliphatic rings. The van der Waals surface area contributed by atoms with Crippen molar-refractivity contribution in [2.75, 3.05) is 13.7 Å². The van der Waals surface area contributed by atoms with Gasteiger partial charge in [-0.15, -0.1) is 0 Å². The van der Waals surface area contributed by atoms with Crippen LogP contribution < -0.4 is 4.74 Å². The summed E-state index contributed by atoms with van der Waals surface area (Å²) in [6.07, 6.45) is 2.85. The molecule has 3 rings (SSSR count). The summed E-state index contributed by atoms with van der Waals surface area (Å²) in [7, 11) is 1.64. The summed E-state index contributed by atoms with van der Waals surface area (Å²) in [5.41, 5.74) is 3.12. The van der Waals surface area contributed by atoms with Crippen LogP contribution in [0.5, 0.6) is 5.75 Å². The number of H-pyrrole nitrogens is 1. The molecule has 4 heteroatoms. The minimum atomic E-state index is -0.205. The molecule has 0 spiro atoms. The zero-order valence-corrected chi connectivity index (χ0v) is 13.0. The number of hydrogen-bond donors (Lipinski definition) is 1. The number of nitrogens with one attached hydrogen (secondary N) is 1. The predicted molar refractivity (Wildman–Crippen MR) is 89.7 cm³/mol. The van der Waals surface area contributed by atoms with Crippen molar-refractivity contribution in [3.8, 4) is 5.75 Å². The lowest BCUT2D eigenvalue weighted by Gasteiger charge is -2.06. The molecule has 3 aromatic rings. The van der Waals surface area contributed by atoms with E-state index in [1.54, 1.807) is 7.11 Å². The molecule has 0 bridgehead atoms. The Morgan fingerprint density at radius 1 is 1.09 bits per heavy atom. The maximum absolute atomic E-state index is 12.0. The molecule has 118 valence electrons. The first kappa shape index (κ1) is 15.2. The molecule has 4 nitrogen and oxygen atoms in total. The number of carbonyl (C=O) groups is 1. The molecule has 0 saturated heterocycles. The van der Waals surface area contributed by atoms with E-state index >= 15 is 0 Å². The van der Waals surface area contributed by atoms with Crippen LogP contribution in [0.3, 0.4) is 0 Å². The number of rotatable bonds is 6. The number of benzene rings is 2. The molecule has 1 N–H and O–H groups in total. The number of hydrogen-bond acceptors (Lipinski definition) is 3. The van der Waals surface area contributed by atoms with Crippen molar-refractivity contribution in [3.05, 3.63) is 65.9 Å². The highest BCUT2D eigenvalue weighted by atomic mass is 16.5. The standard InChI is InChI=1S/C19H19NO3/c1-22-16-8-6-14(7-9-16)10-11-23-19(21)12-15-13-20-18-5-3-2-4-17(15)18/h2-9,13,20H,10-12H2,1H3. The van der Waals surface area contributed by atoms with Gasteiger partial charge in [-0.1, -0.05) is 30.3 Å². The third-order valence-electron chi connectivity index (χ3n) is 3.82. The van der Waals surface area contributed by atoms with Gasteiger partial charge >= 0.3 is 5.97 Å². The Balaban J connectivity index is 1.51. The van der Waals surface area contributed by atoms with E-state index in [4.69, 9.17) is 9.47 Å². The average molecular weight is 309 g/mol. The lowest BCUT2D eigenvalue weighted by atomic mass is 10.1. The highest BCUT2D eigenvalue weighted by Crippen LogP contribution is 2.18. The molecule has 0 fully saturated rings. The van der Waals surface area contributed by atoms with E-state index in [2.05, 4.69) is 4.98 Å². The largest absolute Gasteiger partial charge is 0.497 e. The van der Waals surface area contributed by atoms with E-state index in [0.717, 1.165) is 27.8 Å². The lowest BCUT2D eigenvalue weighted by molar-refractivity contribution is -0.142. The fourth-order valence-electron chi connectivity index (χ4n) is 2.56. The van der Waals surface area contributed by atoms with E-state index in [1.165, 1.54) is 0 Å². The summed E-state index contributed by atoms with van der Waals surface area (Å²) in [5.74, 6) is 0.619. The van der Waals surface area contributed by atoms with Gasteiger partial charge in [-0.05, 0) is 29.3 Å². The minimum Gasteiger partial charge on any atom is -0.497 e. The Kier molecular flexibility index (Phi) is 4.62. The summed E-state index contributed by atoms with van der Waals surface area (Å²) in [6, 6.07) is 15.7. The van der Waals surface area contributed by atoms with Crippen LogP contribution in [0, 0.1) is 0 Å². The Morgan fingerprint density at radius 3 is 2.65 bits per heavy atom. The van der Waals surface area contributed by atoms with Gasteiger partial charge in [0, 0.05) is 23.5 Å². The van der Waals surface area contributed by atoms with E-state index in [9.17, 15) is 4.79 Å². The molecule has 23 heavy (non-hydrogen) atoms. The average Bonchev–Trinajstić information content (AvgIpc) is 2.99. The van der Waals surface area contributed by atoms with Crippen molar-refractivity contribution in [1.29, 1.82) is 0 Å². The van der Waals surface area contributed by atoms with Crippen molar-refractivity contribution in [1.82, 2.24) is 4.98 Å². The number of para-hydroxylation sites is 1. The van der Waals surface area contributed by atoms with Gasteiger partial charge < -0.3 is 14.5 Å². The number of esters is 1. The van der Waals surface area contributed by atoms with Crippen LogP contribution in [0.15, 0.2) is 54.7 Å². The Labute approximate surface area is 135 Å². The summed E-state index contributed by atoms with van der Waals surface area (Å²) >= 11 is 0. The number of fused-ring (bicyclic) bond motifs is 1. The molecular weight excluding hydrogens is 290 g/mol. The summed E-state index contributed by atoms with van der Waals surface area (Å²) in [5, 5.41) is 1.07. The van der Waals surface area contributed by atoms with Gasteiger partial charge in [-0.3, -0.25) is 4.79 Å². The molecule has 0 unspecified atom stereocenters. The smallest absolute Gasteiger partial charge is 0.310 e. The molecule has 0 atom stereocenters. The van der Waals surface area contributed by atoms with Crippen molar-refractivity contribution >= 4 is 16.9 Å². The second-order valence-corrected chi connectivity index (χ2v) is 5.35. The van der Waals surface area contributed by atoms with Crippen LogP contribution in [-0.4, -0.2) is 24.7 Å². The third kappa shape index (κ3) is 3.72. The number of aromatic nitrogens is 1. The normalized spacial score (nSPS) is 10.7. The first-order valence-corrected chi connectivity index (χ1v) is 7.60. The van der Waals surface area contributed by atoms with Gasteiger partial charge in [0.25, 0.3) is 0 Å². The fraction of sp³-hybridized carbons (Fsp3) is 0.211. The van der Waals surface area contributed by atoms with E-state index in [1.807, 2.05) is 54.7 Å². The van der Waals surface area contributed by atoms with Crippen molar-refractivity contribution < 1.29 is 14.3 Å². The number of ether oxygens (including phenoxy) is 2. The van der Waals surface area contributed by atoms with Gasteiger partial charge in [-0.2, -0.15) is 0 Å². The quantitative estimate of drug-likeness (QED) is 0.709. The Morgan fingerprint density at radius 2 is 1.87 bits per heavy atom. The zero-order chi connectivity index (χ0) is 16.1.